The molecule has 0 aliphatic heterocycles. The average Bonchev–Trinajstić information content (AvgIpc) is 2.93. The van der Waals surface area contributed by atoms with Gasteiger partial charge in [0.25, 0.3) is 0 Å². The molecule has 1 fully saturated rings. The van der Waals surface area contributed by atoms with Crippen LogP contribution in [0, 0.1) is 11.8 Å². The number of rotatable bonds is 4. The number of nitrogen functional groups attached to an aromatic ring is 1. The number of aromatic nitrogens is 1. The highest BCUT2D eigenvalue weighted by Gasteiger charge is 2.26. The molecule has 4 heteroatoms. The fraction of sp³-hybridized carbons (Fsp3) is 0.438. The Balaban J connectivity index is 1.79. The fourth-order valence-electron chi connectivity index (χ4n) is 3.22. The van der Waals surface area contributed by atoms with Crippen LogP contribution in [0.2, 0.25) is 0 Å². The van der Waals surface area contributed by atoms with Crippen LogP contribution in [0.1, 0.15) is 19.3 Å². The number of benzene rings is 1. The molecule has 2 unspecified atom stereocenters. The minimum atomic E-state index is 0.302. The molecule has 2 atom stereocenters. The number of nitrogens with zero attached hydrogens (tertiary/aromatic N) is 1. The molecule has 0 radical (unpaired) electrons. The van der Waals surface area contributed by atoms with Crippen molar-refractivity contribution in [1.29, 1.82) is 0 Å². The molecular formula is C16H21N3O. The molecule has 0 amide bonds. The predicted molar refractivity (Wildman–Crippen MR) is 82.6 cm³/mol. The van der Waals surface area contributed by atoms with E-state index in [1.807, 2.05) is 24.3 Å². The maximum Gasteiger partial charge on any atom is 0.0951 e. The van der Waals surface area contributed by atoms with Gasteiger partial charge < -0.3 is 16.2 Å². The van der Waals surface area contributed by atoms with E-state index >= 15 is 0 Å². The molecule has 4 nitrogen and oxygen atoms in total. The zero-order chi connectivity index (χ0) is 13.9. The SMILES string of the molecule is Nc1cccc2c(NCC3CCCC3CO)ccnc12. The Kier molecular flexibility index (Phi) is 3.74. The average molecular weight is 271 g/mol. The molecule has 0 bridgehead atoms. The molecule has 1 saturated carbocycles. The Hall–Kier alpha value is -1.81. The number of aliphatic hydroxyl groups is 1. The lowest BCUT2D eigenvalue weighted by Crippen LogP contribution is -2.20. The van der Waals surface area contributed by atoms with Crippen LogP contribution in [0.25, 0.3) is 10.9 Å². The van der Waals surface area contributed by atoms with Crippen molar-refractivity contribution in [2.75, 3.05) is 24.2 Å². The van der Waals surface area contributed by atoms with E-state index in [1.165, 1.54) is 12.8 Å². The van der Waals surface area contributed by atoms with Crippen molar-refractivity contribution >= 4 is 22.3 Å². The summed E-state index contributed by atoms with van der Waals surface area (Å²) in [6.45, 7) is 1.20. The summed E-state index contributed by atoms with van der Waals surface area (Å²) in [6, 6.07) is 7.86. The van der Waals surface area contributed by atoms with E-state index < -0.39 is 0 Å². The van der Waals surface area contributed by atoms with Crippen molar-refractivity contribution < 1.29 is 5.11 Å². The molecule has 20 heavy (non-hydrogen) atoms. The summed E-state index contributed by atoms with van der Waals surface area (Å²) >= 11 is 0. The second-order valence-electron chi connectivity index (χ2n) is 5.62. The van der Waals surface area contributed by atoms with Crippen LogP contribution in [0.5, 0.6) is 0 Å². The standard InChI is InChI=1S/C16H21N3O/c17-14-6-2-5-13-15(7-8-18-16(13)14)19-9-11-3-1-4-12(11)10-20/h2,5-8,11-12,20H,1,3-4,9-10,17H2,(H,18,19). The molecule has 2 aromatic rings. The zero-order valence-corrected chi connectivity index (χ0v) is 11.5. The summed E-state index contributed by atoms with van der Waals surface area (Å²) in [5, 5.41) is 14.0. The Bertz CT molecular complexity index is 599. The van der Waals surface area contributed by atoms with E-state index in [4.69, 9.17) is 5.73 Å². The fourth-order valence-corrected chi connectivity index (χ4v) is 3.22. The molecule has 1 aromatic heterocycles. The van der Waals surface area contributed by atoms with Gasteiger partial charge in [0.1, 0.15) is 0 Å². The van der Waals surface area contributed by atoms with Crippen molar-refractivity contribution in [2.45, 2.75) is 19.3 Å². The van der Waals surface area contributed by atoms with Crippen LogP contribution in [0.15, 0.2) is 30.5 Å². The van der Waals surface area contributed by atoms with Crippen LogP contribution in [0.4, 0.5) is 11.4 Å². The van der Waals surface area contributed by atoms with Crippen molar-refractivity contribution in [2.24, 2.45) is 11.8 Å². The lowest BCUT2D eigenvalue weighted by molar-refractivity contribution is 0.199. The Morgan fingerprint density at radius 3 is 2.95 bits per heavy atom. The third-order valence-corrected chi connectivity index (χ3v) is 4.41. The lowest BCUT2D eigenvalue weighted by Gasteiger charge is -2.19. The molecule has 3 rings (SSSR count). The summed E-state index contributed by atoms with van der Waals surface area (Å²) < 4.78 is 0. The van der Waals surface area contributed by atoms with Gasteiger partial charge >= 0.3 is 0 Å². The van der Waals surface area contributed by atoms with Gasteiger partial charge in [-0.1, -0.05) is 18.6 Å². The predicted octanol–water partition coefficient (Wildman–Crippen LogP) is 2.64. The van der Waals surface area contributed by atoms with Gasteiger partial charge in [0, 0.05) is 30.4 Å². The van der Waals surface area contributed by atoms with Crippen molar-refractivity contribution in [3.05, 3.63) is 30.5 Å². The van der Waals surface area contributed by atoms with Crippen LogP contribution in [-0.4, -0.2) is 23.2 Å². The van der Waals surface area contributed by atoms with Gasteiger partial charge in [0.15, 0.2) is 0 Å². The first kappa shape index (κ1) is 13.2. The minimum Gasteiger partial charge on any atom is -0.397 e. The maximum absolute atomic E-state index is 9.39. The van der Waals surface area contributed by atoms with E-state index in [2.05, 4.69) is 10.3 Å². The molecule has 0 saturated heterocycles. The number of hydrogen-bond acceptors (Lipinski definition) is 4. The summed E-state index contributed by atoms with van der Waals surface area (Å²) in [5.74, 6) is 1.00. The zero-order valence-electron chi connectivity index (χ0n) is 11.5. The van der Waals surface area contributed by atoms with E-state index in [0.29, 0.717) is 24.1 Å². The number of nitrogens with one attached hydrogen (secondary N) is 1. The van der Waals surface area contributed by atoms with E-state index in [0.717, 1.165) is 29.6 Å². The van der Waals surface area contributed by atoms with Gasteiger partial charge in [-0.15, -0.1) is 0 Å². The monoisotopic (exact) mass is 271 g/mol. The number of aliphatic hydroxyl groups excluding tert-OH is 1. The number of pyridine rings is 1. The summed E-state index contributed by atoms with van der Waals surface area (Å²) in [4.78, 5) is 4.35. The van der Waals surface area contributed by atoms with E-state index in [9.17, 15) is 5.11 Å². The number of fused-ring (bicyclic) bond motifs is 1. The quantitative estimate of drug-likeness (QED) is 0.748. The number of hydrogen-bond donors (Lipinski definition) is 3. The van der Waals surface area contributed by atoms with Crippen molar-refractivity contribution in [3.8, 4) is 0 Å². The van der Waals surface area contributed by atoms with Gasteiger partial charge in [0.05, 0.1) is 11.2 Å². The Morgan fingerprint density at radius 2 is 2.10 bits per heavy atom. The van der Waals surface area contributed by atoms with Gasteiger partial charge in [0.2, 0.25) is 0 Å². The Labute approximate surface area is 119 Å². The molecule has 0 spiro atoms. The van der Waals surface area contributed by atoms with Crippen LogP contribution in [-0.2, 0) is 0 Å². The van der Waals surface area contributed by atoms with Crippen LogP contribution < -0.4 is 11.1 Å². The van der Waals surface area contributed by atoms with Gasteiger partial charge in [-0.2, -0.15) is 0 Å². The summed E-state index contributed by atoms with van der Waals surface area (Å²) in [5.41, 5.74) is 8.60. The Morgan fingerprint density at radius 1 is 1.25 bits per heavy atom. The number of nitrogens with two attached hydrogens (primary N) is 1. The highest BCUT2D eigenvalue weighted by Crippen LogP contribution is 2.32. The third-order valence-electron chi connectivity index (χ3n) is 4.41. The molecule has 106 valence electrons. The second kappa shape index (κ2) is 5.67. The van der Waals surface area contributed by atoms with Crippen molar-refractivity contribution in [3.63, 3.8) is 0 Å². The topological polar surface area (TPSA) is 71.2 Å². The molecule has 1 aliphatic rings. The van der Waals surface area contributed by atoms with Crippen molar-refractivity contribution in [1.82, 2.24) is 4.98 Å². The normalized spacial score (nSPS) is 22.2. The smallest absolute Gasteiger partial charge is 0.0951 e. The number of para-hydroxylation sites is 1. The summed E-state index contributed by atoms with van der Waals surface area (Å²) in [7, 11) is 0. The molecule has 1 aliphatic carbocycles. The van der Waals surface area contributed by atoms with Crippen LogP contribution >= 0.6 is 0 Å². The molecule has 4 N–H and O–H groups in total. The van der Waals surface area contributed by atoms with Crippen LogP contribution in [0.3, 0.4) is 0 Å². The molecule has 1 aromatic carbocycles. The maximum atomic E-state index is 9.39. The molecular weight excluding hydrogens is 250 g/mol. The van der Waals surface area contributed by atoms with Gasteiger partial charge in [-0.05, 0) is 36.8 Å². The largest absolute Gasteiger partial charge is 0.397 e. The second-order valence-corrected chi connectivity index (χ2v) is 5.62. The molecule has 1 heterocycles. The van der Waals surface area contributed by atoms with E-state index in [1.54, 1.807) is 6.20 Å². The van der Waals surface area contributed by atoms with Gasteiger partial charge in [-0.3, -0.25) is 4.98 Å². The number of anilines is 2. The van der Waals surface area contributed by atoms with E-state index in [-0.39, 0.29) is 0 Å². The third kappa shape index (κ3) is 2.43. The first-order valence-electron chi connectivity index (χ1n) is 7.27. The minimum absolute atomic E-state index is 0.302. The highest BCUT2D eigenvalue weighted by atomic mass is 16.3. The summed E-state index contributed by atoms with van der Waals surface area (Å²) in [6.07, 6.45) is 5.36. The first-order valence-corrected chi connectivity index (χ1v) is 7.27. The lowest BCUT2D eigenvalue weighted by atomic mass is 9.97. The highest BCUT2D eigenvalue weighted by molar-refractivity contribution is 5.97. The first-order chi connectivity index (χ1) is 9.79. The van der Waals surface area contributed by atoms with Gasteiger partial charge in [-0.25, -0.2) is 0 Å².